The average Bonchev–Trinajstić information content (AvgIpc) is 3.18. The molecule has 8 nitrogen and oxygen atoms in total. The van der Waals surface area contributed by atoms with Crippen LogP contribution in [0.1, 0.15) is 19.2 Å². The van der Waals surface area contributed by atoms with Gasteiger partial charge in [-0.2, -0.15) is 4.98 Å². The number of hydrogen-bond donors (Lipinski definition) is 1. The fourth-order valence-corrected chi connectivity index (χ4v) is 2.76. The van der Waals surface area contributed by atoms with Crippen molar-refractivity contribution in [3.05, 3.63) is 58.5 Å². The van der Waals surface area contributed by atoms with Crippen molar-refractivity contribution < 1.29 is 18.8 Å². The summed E-state index contributed by atoms with van der Waals surface area (Å²) in [5.74, 6) is -0.487. The van der Waals surface area contributed by atoms with Crippen LogP contribution < -0.4 is 5.32 Å². The molecule has 1 aromatic carbocycles. The number of rotatable bonds is 7. The standard InChI is InChI=1S/C19H16Cl2N4O4/c1-11(19(27)23-14-6-5-12(20)10-13(14)21)28-17(26)8-7-16-24-18(25-29-16)15-4-2-3-9-22-15/h2-6,9-11H,7-8H2,1H3,(H,23,27). The highest BCUT2D eigenvalue weighted by atomic mass is 35.5. The maximum absolute atomic E-state index is 12.2. The molecule has 0 saturated heterocycles. The number of anilines is 1. The molecular weight excluding hydrogens is 419 g/mol. The first-order chi connectivity index (χ1) is 13.9. The van der Waals surface area contributed by atoms with Crippen LogP contribution in [0.5, 0.6) is 0 Å². The number of aryl methyl sites for hydroxylation is 1. The van der Waals surface area contributed by atoms with Gasteiger partial charge in [-0.1, -0.05) is 34.4 Å². The van der Waals surface area contributed by atoms with Crippen molar-refractivity contribution in [3.8, 4) is 11.5 Å². The number of carbonyl (C=O) groups is 2. The van der Waals surface area contributed by atoms with Gasteiger partial charge in [-0.25, -0.2) is 0 Å². The molecule has 0 saturated carbocycles. The quantitative estimate of drug-likeness (QED) is 0.560. The van der Waals surface area contributed by atoms with E-state index in [-0.39, 0.29) is 23.8 Å². The van der Waals surface area contributed by atoms with E-state index >= 15 is 0 Å². The molecule has 29 heavy (non-hydrogen) atoms. The smallest absolute Gasteiger partial charge is 0.307 e. The first-order valence-corrected chi connectivity index (χ1v) is 9.37. The largest absolute Gasteiger partial charge is 0.453 e. The zero-order valence-corrected chi connectivity index (χ0v) is 16.8. The number of halogens is 2. The van der Waals surface area contributed by atoms with Crippen LogP contribution in [0.25, 0.3) is 11.5 Å². The Morgan fingerprint density at radius 2 is 2.07 bits per heavy atom. The van der Waals surface area contributed by atoms with Gasteiger partial charge >= 0.3 is 5.97 Å². The summed E-state index contributed by atoms with van der Waals surface area (Å²) in [5, 5.41) is 7.14. The minimum atomic E-state index is -1.01. The van der Waals surface area contributed by atoms with Gasteiger partial charge in [-0.15, -0.1) is 0 Å². The molecule has 0 aliphatic heterocycles. The van der Waals surface area contributed by atoms with E-state index in [9.17, 15) is 9.59 Å². The third kappa shape index (κ3) is 5.75. The Balaban J connectivity index is 1.49. The summed E-state index contributed by atoms with van der Waals surface area (Å²) in [6.45, 7) is 1.46. The third-order valence-electron chi connectivity index (χ3n) is 3.77. The molecule has 0 radical (unpaired) electrons. The van der Waals surface area contributed by atoms with Crippen molar-refractivity contribution in [3.63, 3.8) is 0 Å². The summed E-state index contributed by atoms with van der Waals surface area (Å²) < 4.78 is 10.2. The van der Waals surface area contributed by atoms with Crippen LogP contribution in [0.4, 0.5) is 5.69 Å². The van der Waals surface area contributed by atoms with Gasteiger partial charge in [-0.05, 0) is 37.3 Å². The predicted octanol–water partition coefficient (Wildman–Crippen LogP) is 3.94. The van der Waals surface area contributed by atoms with Gasteiger partial charge in [-0.3, -0.25) is 14.6 Å². The fraction of sp³-hybridized carbons (Fsp3) is 0.211. The molecule has 2 aromatic heterocycles. The van der Waals surface area contributed by atoms with Crippen molar-refractivity contribution in [2.75, 3.05) is 5.32 Å². The highest BCUT2D eigenvalue weighted by Gasteiger charge is 2.20. The molecule has 0 bridgehead atoms. The van der Waals surface area contributed by atoms with E-state index < -0.39 is 18.0 Å². The lowest BCUT2D eigenvalue weighted by molar-refractivity contribution is -0.153. The highest BCUT2D eigenvalue weighted by Crippen LogP contribution is 2.25. The maximum atomic E-state index is 12.2. The molecule has 2 heterocycles. The molecule has 3 aromatic rings. The first kappa shape index (κ1) is 20.8. The molecule has 0 aliphatic rings. The van der Waals surface area contributed by atoms with Crippen LogP contribution >= 0.6 is 23.2 Å². The maximum Gasteiger partial charge on any atom is 0.307 e. The van der Waals surface area contributed by atoms with Gasteiger partial charge in [0.1, 0.15) is 5.69 Å². The van der Waals surface area contributed by atoms with Gasteiger partial charge in [0.05, 0.1) is 17.1 Å². The van der Waals surface area contributed by atoms with E-state index in [0.717, 1.165) is 0 Å². The number of nitrogens with zero attached hydrogens (tertiary/aromatic N) is 3. The van der Waals surface area contributed by atoms with Crippen LogP contribution in [0.2, 0.25) is 10.0 Å². The van der Waals surface area contributed by atoms with E-state index in [1.807, 2.05) is 0 Å². The van der Waals surface area contributed by atoms with Crippen LogP contribution in [0, 0.1) is 0 Å². The van der Waals surface area contributed by atoms with Crippen molar-refractivity contribution >= 4 is 40.8 Å². The Bertz CT molecular complexity index is 1010. The van der Waals surface area contributed by atoms with Crippen LogP contribution in [0.3, 0.4) is 0 Å². The Hall–Kier alpha value is -2.97. The Morgan fingerprint density at radius 1 is 1.24 bits per heavy atom. The van der Waals surface area contributed by atoms with Gasteiger partial charge in [0.25, 0.3) is 5.91 Å². The number of nitrogens with one attached hydrogen (secondary N) is 1. The molecular formula is C19H16Cl2N4O4. The predicted molar refractivity (Wildman–Crippen MR) is 106 cm³/mol. The topological polar surface area (TPSA) is 107 Å². The summed E-state index contributed by atoms with van der Waals surface area (Å²) in [6, 6.07) is 9.97. The summed E-state index contributed by atoms with van der Waals surface area (Å²) in [5.41, 5.74) is 0.938. The summed E-state index contributed by atoms with van der Waals surface area (Å²) in [6.07, 6.45) is 0.756. The van der Waals surface area contributed by atoms with E-state index in [2.05, 4.69) is 20.4 Å². The summed E-state index contributed by atoms with van der Waals surface area (Å²) in [4.78, 5) is 32.5. The Kier molecular flexibility index (Phi) is 6.79. The summed E-state index contributed by atoms with van der Waals surface area (Å²) in [7, 11) is 0. The fourth-order valence-electron chi connectivity index (χ4n) is 2.30. The first-order valence-electron chi connectivity index (χ1n) is 8.62. The number of benzene rings is 1. The van der Waals surface area contributed by atoms with Gasteiger partial charge in [0.15, 0.2) is 6.10 Å². The lowest BCUT2D eigenvalue weighted by Gasteiger charge is -2.14. The van der Waals surface area contributed by atoms with E-state index in [1.165, 1.54) is 13.0 Å². The van der Waals surface area contributed by atoms with Gasteiger partial charge < -0.3 is 14.6 Å². The van der Waals surface area contributed by atoms with Crippen LogP contribution in [-0.4, -0.2) is 33.1 Å². The minimum Gasteiger partial charge on any atom is -0.453 e. The number of amides is 1. The van der Waals surface area contributed by atoms with E-state index in [1.54, 1.807) is 36.5 Å². The second-order valence-corrected chi connectivity index (χ2v) is 6.82. The van der Waals surface area contributed by atoms with Crippen molar-refractivity contribution in [2.45, 2.75) is 25.9 Å². The number of aromatic nitrogens is 3. The van der Waals surface area contributed by atoms with Crippen LogP contribution in [-0.2, 0) is 20.7 Å². The third-order valence-corrected chi connectivity index (χ3v) is 4.32. The van der Waals surface area contributed by atoms with Crippen molar-refractivity contribution in [1.82, 2.24) is 15.1 Å². The summed E-state index contributed by atoms with van der Waals surface area (Å²) >= 11 is 11.8. The number of hydrogen-bond acceptors (Lipinski definition) is 7. The second-order valence-electron chi connectivity index (χ2n) is 5.97. The van der Waals surface area contributed by atoms with Gasteiger partial charge in [0.2, 0.25) is 11.7 Å². The normalized spacial score (nSPS) is 11.7. The molecule has 1 unspecified atom stereocenters. The number of esters is 1. The average molecular weight is 435 g/mol. The zero-order valence-electron chi connectivity index (χ0n) is 15.3. The molecule has 0 spiro atoms. The van der Waals surface area contributed by atoms with Crippen LogP contribution in [0.15, 0.2) is 47.1 Å². The molecule has 1 amide bonds. The SMILES string of the molecule is CC(OC(=O)CCc1nc(-c2ccccn2)no1)C(=O)Nc1ccc(Cl)cc1Cl. The lowest BCUT2D eigenvalue weighted by atomic mass is 10.3. The van der Waals surface area contributed by atoms with Gasteiger partial charge in [0, 0.05) is 17.6 Å². The number of ether oxygens (including phenoxy) is 1. The second kappa shape index (κ2) is 9.49. The lowest BCUT2D eigenvalue weighted by Crippen LogP contribution is -2.30. The Labute approximate surface area is 176 Å². The van der Waals surface area contributed by atoms with E-state index in [4.69, 9.17) is 32.5 Å². The van der Waals surface area contributed by atoms with Crippen molar-refractivity contribution in [2.24, 2.45) is 0 Å². The minimum absolute atomic E-state index is 0.0246. The highest BCUT2D eigenvalue weighted by molar-refractivity contribution is 6.36. The molecule has 0 aliphatic carbocycles. The number of carbonyl (C=O) groups excluding carboxylic acids is 2. The monoisotopic (exact) mass is 434 g/mol. The van der Waals surface area contributed by atoms with E-state index in [0.29, 0.717) is 22.2 Å². The zero-order chi connectivity index (χ0) is 20.8. The molecule has 150 valence electrons. The molecule has 10 heteroatoms. The van der Waals surface area contributed by atoms with Crippen molar-refractivity contribution in [1.29, 1.82) is 0 Å². The Morgan fingerprint density at radius 3 is 2.79 bits per heavy atom. The molecule has 0 fully saturated rings. The molecule has 1 N–H and O–H groups in total. The number of pyridine rings is 1. The molecule has 1 atom stereocenters. The molecule has 3 rings (SSSR count).